The van der Waals surface area contributed by atoms with Crippen LogP contribution in [0.1, 0.15) is 45.0 Å². The summed E-state index contributed by atoms with van der Waals surface area (Å²) in [6.45, 7) is 6.54. The zero-order valence-electron chi connectivity index (χ0n) is 16.7. The molecule has 0 radical (unpaired) electrons. The van der Waals surface area contributed by atoms with Crippen molar-refractivity contribution in [3.63, 3.8) is 0 Å². The zero-order chi connectivity index (χ0) is 20.3. The third kappa shape index (κ3) is 4.22. The highest BCUT2D eigenvalue weighted by atomic mass is 32.1. The number of para-hydroxylation sites is 1. The van der Waals surface area contributed by atoms with E-state index in [0.29, 0.717) is 11.4 Å². The van der Waals surface area contributed by atoms with Crippen molar-refractivity contribution in [2.75, 3.05) is 7.05 Å². The summed E-state index contributed by atoms with van der Waals surface area (Å²) in [6.07, 6.45) is 0.460. The molecule has 0 aliphatic rings. The average Bonchev–Trinajstić information content (AvgIpc) is 3.30. The SMILES string of the molecule is Cc1ccccc1-n1nc(C)c(CN(C)C(=O)CCC(=O)c2cccs2)c1C. The van der Waals surface area contributed by atoms with Crippen molar-refractivity contribution in [3.05, 3.63) is 69.2 Å². The number of aromatic nitrogens is 2. The summed E-state index contributed by atoms with van der Waals surface area (Å²) in [4.78, 5) is 27.0. The van der Waals surface area contributed by atoms with Gasteiger partial charge in [0.2, 0.25) is 5.91 Å². The van der Waals surface area contributed by atoms with E-state index in [1.54, 1.807) is 18.0 Å². The Morgan fingerprint density at radius 3 is 2.50 bits per heavy atom. The van der Waals surface area contributed by atoms with Crippen molar-refractivity contribution in [1.29, 1.82) is 0 Å². The van der Waals surface area contributed by atoms with Crippen molar-refractivity contribution in [3.8, 4) is 5.69 Å². The van der Waals surface area contributed by atoms with E-state index >= 15 is 0 Å². The second-order valence-corrected chi connectivity index (χ2v) is 7.95. The number of amides is 1. The van der Waals surface area contributed by atoms with Gasteiger partial charge in [0.05, 0.1) is 16.3 Å². The number of hydrogen-bond donors (Lipinski definition) is 0. The van der Waals surface area contributed by atoms with Gasteiger partial charge in [-0.05, 0) is 43.8 Å². The van der Waals surface area contributed by atoms with Crippen molar-refractivity contribution in [2.45, 2.75) is 40.2 Å². The number of nitrogens with zero attached hydrogens (tertiary/aromatic N) is 3. The van der Waals surface area contributed by atoms with E-state index < -0.39 is 0 Å². The van der Waals surface area contributed by atoms with Crippen LogP contribution in [0.4, 0.5) is 0 Å². The lowest BCUT2D eigenvalue weighted by Crippen LogP contribution is -2.27. The smallest absolute Gasteiger partial charge is 0.223 e. The molecule has 1 aromatic carbocycles. The fourth-order valence-electron chi connectivity index (χ4n) is 3.24. The number of Topliss-reactive ketones (excluding diaryl/α,β-unsaturated/α-hetero) is 1. The number of thiophene rings is 1. The molecule has 6 heteroatoms. The Morgan fingerprint density at radius 2 is 1.82 bits per heavy atom. The molecular weight excluding hydrogens is 370 g/mol. The van der Waals surface area contributed by atoms with E-state index in [0.717, 1.165) is 28.2 Å². The quantitative estimate of drug-likeness (QED) is 0.554. The molecule has 0 aliphatic heterocycles. The molecule has 0 unspecified atom stereocenters. The maximum atomic E-state index is 12.5. The van der Waals surface area contributed by atoms with Crippen molar-refractivity contribution in [2.24, 2.45) is 0 Å². The third-order valence-corrected chi connectivity index (χ3v) is 5.88. The molecule has 0 aliphatic carbocycles. The summed E-state index contributed by atoms with van der Waals surface area (Å²) in [5.74, 6) is -0.0103. The average molecular weight is 396 g/mol. The van der Waals surface area contributed by atoms with Gasteiger partial charge in [-0.15, -0.1) is 11.3 Å². The molecule has 0 N–H and O–H groups in total. The van der Waals surface area contributed by atoms with Crippen molar-refractivity contribution < 1.29 is 9.59 Å². The number of aryl methyl sites for hydroxylation is 2. The van der Waals surface area contributed by atoms with Gasteiger partial charge in [0, 0.05) is 37.7 Å². The number of carbonyl (C=O) groups is 2. The number of hydrogen-bond acceptors (Lipinski definition) is 4. The minimum Gasteiger partial charge on any atom is -0.341 e. The Kier molecular flexibility index (Phi) is 6.09. The second kappa shape index (κ2) is 8.52. The van der Waals surface area contributed by atoms with Gasteiger partial charge in [-0.25, -0.2) is 4.68 Å². The van der Waals surface area contributed by atoms with E-state index in [9.17, 15) is 9.59 Å². The summed E-state index contributed by atoms with van der Waals surface area (Å²) in [7, 11) is 1.78. The van der Waals surface area contributed by atoms with Gasteiger partial charge in [0.25, 0.3) is 0 Å². The van der Waals surface area contributed by atoms with Gasteiger partial charge < -0.3 is 4.90 Å². The fraction of sp³-hybridized carbons (Fsp3) is 0.318. The summed E-state index contributed by atoms with van der Waals surface area (Å²) in [6, 6.07) is 11.8. The Bertz CT molecular complexity index is 989. The molecule has 1 amide bonds. The minimum absolute atomic E-state index is 0.0245. The van der Waals surface area contributed by atoms with E-state index in [-0.39, 0.29) is 24.5 Å². The molecule has 0 spiro atoms. The van der Waals surface area contributed by atoms with Crippen LogP contribution >= 0.6 is 11.3 Å². The minimum atomic E-state index is -0.0349. The standard InChI is InChI=1S/C22H25N3O2S/c1-15-8-5-6-9-19(15)25-17(3)18(16(2)23-25)14-24(4)22(27)12-11-20(26)21-10-7-13-28-21/h5-10,13H,11-12,14H2,1-4H3. The third-order valence-electron chi connectivity index (χ3n) is 4.97. The molecule has 2 heterocycles. The fourth-order valence-corrected chi connectivity index (χ4v) is 3.93. The van der Waals surface area contributed by atoms with Crippen LogP contribution in [0.25, 0.3) is 5.69 Å². The van der Waals surface area contributed by atoms with Crippen LogP contribution in [-0.4, -0.2) is 33.4 Å². The van der Waals surface area contributed by atoms with Crippen molar-refractivity contribution in [1.82, 2.24) is 14.7 Å². The Hall–Kier alpha value is -2.73. The molecule has 2 aromatic heterocycles. The molecule has 0 fully saturated rings. The second-order valence-electron chi connectivity index (χ2n) is 7.00. The van der Waals surface area contributed by atoms with E-state index in [2.05, 4.69) is 18.1 Å². The molecule has 3 rings (SSSR count). The van der Waals surface area contributed by atoms with E-state index in [1.165, 1.54) is 11.3 Å². The normalized spacial score (nSPS) is 10.9. The van der Waals surface area contributed by atoms with E-state index in [1.807, 2.05) is 48.2 Å². The summed E-state index contributed by atoms with van der Waals surface area (Å²) >= 11 is 1.41. The molecule has 28 heavy (non-hydrogen) atoms. The molecule has 0 saturated carbocycles. The highest BCUT2D eigenvalue weighted by Crippen LogP contribution is 2.22. The maximum Gasteiger partial charge on any atom is 0.223 e. The molecule has 3 aromatic rings. The van der Waals surface area contributed by atoms with Crippen LogP contribution < -0.4 is 0 Å². The lowest BCUT2D eigenvalue weighted by Gasteiger charge is -2.17. The van der Waals surface area contributed by atoms with Crippen LogP contribution in [-0.2, 0) is 11.3 Å². The van der Waals surface area contributed by atoms with Gasteiger partial charge in [-0.2, -0.15) is 5.10 Å². The van der Waals surface area contributed by atoms with Crippen LogP contribution in [0.15, 0.2) is 41.8 Å². The van der Waals surface area contributed by atoms with Gasteiger partial charge in [0.1, 0.15) is 0 Å². The lowest BCUT2D eigenvalue weighted by atomic mass is 10.1. The van der Waals surface area contributed by atoms with Gasteiger partial charge >= 0.3 is 0 Å². The molecule has 0 saturated heterocycles. The highest BCUT2D eigenvalue weighted by Gasteiger charge is 2.19. The predicted molar refractivity (Wildman–Crippen MR) is 112 cm³/mol. The lowest BCUT2D eigenvalue weighted by molar-refractivity contribution is -0.130. The Labute approximate surface area is 169 Å². The summed E-state index contributed by atoms with van der Waals surface area (Å²) in [5.41, 5.74) is 5.18. The highest BCUT2D eigenvalue weighted by molar-refractivity contribution is 7.12. The first-order valence-electron chi connectivity index (χ1n) is 9.30. The monoisotopic (exact) mass is 395 g/mol. The number of benzene rings is 1. The van der Waals surface area contributed by atoms with Crippen LogP contribution in [0.5, 0.6) is 0 Å². The zero-order valence-corrected chi connectivity index (χ0v) is 17.5. The first kappa shape index (κ1) is 20.0. The van der Waals surface area contributed by atoms with Gasteiger partial charge in [-0.1, -0.05) is 24.3 Å². The Balaban J connectivity index is 1.68. The van der Waals surface area contributed by atoms with Crippen LogP contribution in [0.2, 0.25) is 0 Å². The molecule has 0 atom stereocenters. The Morgan fingerprint density at radius 1 is 1.07 bits per heavy atom. The summed E-state index contributed by atoms with van der Waals surface area (Å²) < 4.78 is 1.94. The van der Waals surface area contributed by atoms with E-state index in [4.69, 9.17) is 0 Å². The predicted octanol–water partition coefficient (Wildman–Crippen LogP) is 4.48. The molecule has 146 valence electrons. The first-order chi connectivity index (χ1) is 13.4. The molecule has 5 nitrogen and oxygen atoms in total. The van der Waals surface area contributed by atoms with Gasteiger partial charge in [0.15, 0.2) is 5.78 Å². The van der Waals surface area contributed by atoms with Gasteiger partial charge in [-0.3, -0.25) is 9.59 Å². The van der Waals surface area contributed by atoms with Crippen molar-refractivity contribution >= 4 is 23.0 Å². The molecule has 0 bridgehead atoms. The first-order valence-corrected chi connectivity index (χ1v) is 10.2. The van der Waals surface area contributed by atoms with Crippen LogP contribution in [0, 0.1) is 20.8 Å². The number of carbonyl (C=O) groups excluding carboxylic acids is 2. The maximum absolute atomic E-state index is 12.5. The number of rotatable bonds is 7. The summed E-state index contributed by atoms with van der Waals surface area (Å²) in [5, 5.41) is 6.56. The topological polar surface area (TPSA) is 55.2 Å². The largest absolute Gasteiger partial charge is 0.341 e. The van der Waals surface area contributed by atoms with Crippen LogP contribution in [0.3, 0.4) is 0 Å². The number of ketones is 1. The molecular formula is C22H25N3O2S.